The summed E-state index contributed by atoms with van der Waals surface area (Å²) >= 11 is 6.21. The molecule has 0 saturated heterocycles. The molecule has 1 aliphatic rings. The van der Waals surface area contributed by atoms with Gasteiger partial charge in [-0.05, 0) is 53.8 Å². The van der Waals surface area contributed by atoms with Crippen molar-refractivity contribution in [3.63, 3.8) is 0 Å². The van der Waals surface area contributed by atoms with E-state index in [9.17, 15) is 4.79 Å². The summed E-state index contributed by atoms with van der Waals surface area (Å²) in [5.41, 5.74) is 1.57. The van der Waals surface area contributed by atoms with Gasteiger partial charge in [0.2, 0.25) is 11.2 Å². The van der Waals surface area contributed by atoms with E-state index in [4.69, 9.17) is 16.9 Å². The van der Waals surface area contributed by atoms with Crippen molar-refractivity contribution in [3.05, 3.63) is 71.3 Å². The summed E-state index contributed by atoms with van der Waals surface area (Å²) in [5, 5.41) is 15.6. The number of hydrogen-bond acceptors (Lipinski definition) is 5. The molecule has 0 unspecified atom stereocenters. The highest BCUT2D eigenvalue weighted by Crippen LogP contribution is 2.29. The normalized spacial score (nSPS) is 14.8. The molecule has 1 fully saturated rings. The van der Waals surface area contributed by atoms with Gasteiger partial charge < -0.3 is 15.2 Å². The number of carbonyl (C=O) groups is 1. The molecule has 1 aliphatic carbocycles. The van der Waals surface area contributed by atoms with Gasteiger partial charge in [-0.25, -0.2) is 4.98 Å². The first-order chi connectivity index (χ1) is 16.6. The molecule has 176 valence electrons. The number of nitriles is 1. The summed E-state index contributed by atoms with van der Waals surface area (Å²) in [6, 6.07) is 15.0. The number of anilines is 1. The lowest BCUT2D eigenvalue weighted by Gasteiger charge is -2.27. The Morgan fingerprint density at radius 3 is 2.59 bits per heavy atom. The van der Waals surface area contributed by atoms with E-state index in [1.807, 2.05) is 47.3 Å². The lowest BCUT2D eigenvalue weighted by molar-refractivity contribution is -0.121. The van der Waals surface area contributed by atoms with Crippen molar-refractivity contribution < 1.29 is 4.79 Å². The van der Waals surface area contributed by atoms with Gasteiger partial charge in [0.1, 0.15) is 11.6 Å². The highest BCUT2D eigenvalue weighted by molar-refractivity contribution is 6.28. The Kier molecular flexibility index (Phi) is 8.16. The molecule has 1 atom stereocenters. The van der Waals surface area contributed by atoms with E-state index in [0.29, 0.717) is 36.1 Å². The van der Waals surface area contributed by atoms with Crippen molar-refractivity contribution in [2.45, 2.75) is 57.5 Å². The molecule has 0 radical (unpaired) electrons. The van der Waals surface area contributed by atoms with E-state index in [-0.39, 0.29) is 17.2 Å². The monoisotopic (exact) mass is 476 g/mol. The fraction of sp³-hybridized carbons (Fsp3) is 0.385. The molecule has 8 heteroatoms. The Morgan fingerprint density at radius 1 is 1.15 bits per heavy atom. The SMILES string of the molecule is N#Cc1ccc(CNC(=O)C[C@@H](CC2CCCCC2)Nc2cc(-n3cccc3)nc(Cl)n2)cc1. The fourth-order valence-corrected chi connectivity index (χ4v) is 4.70. The van der Waals surface area contributed by atoms with Gasteiger partial charge in [0.05, 0.1) is 11.6 Å². The Balaban J connectivity index is 1.43. The predicted octanol–water partition coefficient (Wildman–Crippen LogP) is 5.25. The molecular weight excluding hydrogens is 448 g/mol. The maximum absolute atomic E-state index is 12.8. The average molecular weight is 477 g/mol. The largest absolute Gasteiger partial charge is 0.367 e. The number of amides is 1. The van der Waals surface area contributed by atoms with Gasteiger partial charge in [-0.3, -0.25) is 4.79 Å². The molecule has 2 heterocycles. The zero-order chi connectivity index (χ0) is 23.8. The topological polar surface area (TPSA) is 95.6 Å². The van der Waals surface area contributed by atoms with E-state index in [1.165, 1.54) is 32.1 Å². The number of aromatic nitrogens is 3. The molecule has 1 saturated carbocycles. The Labute approximate surface area is 205 Å². The van der Waals surface area contributed by atoms with Crippen molar-refractivity contribution in [2.24, 2.45) is 5.92 Å². The van der Waals surface area contributed by atoms with E-state index < -0.39 is 0 Å². The van der Waals surface area contributed by atoms with Gasteiger partial charge in [-0.1, -0.05) is 44.2 Å². The van der Waals surface area contributed by atoms with Crippen LogP contribution in [0.2, 0.25) is 5.28 Å². The average Bonchev–Trinajstić information content (AvgIpc) is 3.38. The van der Waals surface area contributed by atoms with Gasteiger partial charge in [-0.2, -0.15) is 10.2 Å². The molecule has 4 rings (SSSR count). The third-order valence-electron chi connectivity index (χ3n) is 6.25. The van der Waals surface area contributed by atoms with Crippen molar-refractivity contribution in [3.8, 4) is 11.9 Å². The van der Waals surface area contributed by atoms with E-state index >= 15 is 0 Å². The predicted molar refractivity (Wildman–Crippen MR) is 133 cm³/mol. The van der Waals surface area contributed by atoms with E-state index in [2.05, 4.69) is 26.7 Å². The van der Waals surface area contributed by atoms with Crippen LogP contribution in [-0.2, 0) is 11.3 Å². The second-order valence-corrected chi connectivity index (χ2v) is 9.18. The molecule has 2 aromatic heterocycles. The first kappa shape index (κ1) is 23.8. The van der Waals surface area contributed by atoms with Crippen molar-refractivity contribution in [1.82, 2.24) is 19.9 Å². The van der Waals surface area contributed by atoms with E-state index in [1.54, 1.807) is 12.1 Å². The molecule has 0 aliphatic heterocycles. The fourth-order valence-electron chi connectivity index (χ4n) is 4.52. The second kappa shape index (κ2) is 11.7. The van der Waals surface area contributed by atoms with Crippen LogP contribution in [0.4, 0.5) is 5.82 Å². The molecule has 2 N–H and O–H groups in total. The maximum Gasteiger partial charge on any atom is 0.226 e. The number of halogens is 1. The summed E-state index contributed by atoms with van der Waals surface area (Å²) in [7, 11) is 0. The lowest BCUT2D eigenvalue weighted by atomic mass is 9.84. The summed E-state index contributed by atoms with van der Waals surface area (Å²) in [4.78, 5) is 21.5. The zero-order valence-corrected chi connectivity index (χ0v) is 19.8. The maximum atomic E-state index is 12.8. The number of nitrogens with one attached hydrogen (secondary N) is 2. The van der Waals surface area contributed by atoms with Gasteiger partial charge >= 0.3 is 0 Å². The van der Waals surface area contributed by atoms with Crippen LogP contribution >= 0.6 is 11.6 Å². The molecular formula is C26H29ClN6O. The Hall–Kier alpha value is -3.37. The molecule has 1 amide bonds. The van der Waals surface area contributed by atoms with Gasteiger partial charge in [0, 0.05) is 37.5 Å². The van der Waals surface area contributed by atoms with Gasteiger partial charge in [0.15, 0.2) is 0 Å². The number of benzene rings is 1. The lowest BCUT2D eigenvalue weighted by Crippen LogP contribution is -2.33. The Morgan fingerprint density at radius 2 is 1.88 bits per heavy atom. The minimum Gasteiger partial charge on any atom is -0.367 e. The molecule has 3 aromatic rings. The van der Waals surface area contributed by atoms with Crippen LogP contribution in [0.25, 0.3) is 5.82 Å². The smallest absolute Gasteiger partial charge is 0.226 e. The first-order valence-corrected chi connectivity index (χ1v) is 12.2. The highest BCUT2D eigenvalue weighted by Gasteiger charge is 2.22. The van der Waals surface area contributed by atoms with E-state index in [0.717, 1.165) is 12.0 Å². The number of rotatable bonds is 9. The van der Waals surface area contributed by atoms with Crippen molar-refractivity contribution in [2.75, 3.05) is 5.32 Å². The zero-order valence-electron chi connectivity index (χ0n) is 19.1. The highest BCUT2D eigenvalue weighted by atomic mass is 35.5. The minimum atomic E-state index is -0.0625. The standard InChI is InChI=1S/C26H29ClN6O/c27-26-31-23(16-24(32-26)33-12-4-5-13-33)30-22(14-19-6-2-1-3-7-19)15-25(34)29-18-21-10-8-20(17-28)9-11-21/h4-5,8-13,16,19,22H,1-3,6-7,14-15,18H2,(H,29,34)(H,30,31,32)/t22-/m1/s1. The summed E-state index contributed by atoms with van der Waals surface area (Å²) in [6.07, 6.45) is 11.2. The van der Waals surface area contributed by atoms with Crippen LogP contribution in [0.15, 0.2) is 54.9 Å². The molecule has 34 heavy (non-hydrogen) atoms. The van der Waals surface area contributed by atoms with Crippen LogP contribution in [0.5, 0.6) is 0 Å². The van der Waals surface area contributed by atoms with Gasteiger partial charge in [-0.15, -0.1) is 0 Å². The minimum absolute atomic E-state index is 0.0246. The molecule has 7 nitrogen and oxygen atoms in total. The first-order valence-electron chi connectivity index (χ1n) is 11.8. The number of nitrogens with zero attached hydrogens (tertiary/aromatic N) is 4. The van der Waals surface area contributed by atoms with Crippen LogP contribution in [0.3, 0.4) is 0 Å². The number of carbonyl (C=O) groups excluding carboxylic acids is 1. The molecule has 0 spiro atoms. The van der Waals surface area contributed by atoms with Crippen LogP contribution in [0.1, 0.15) is 56.1 Å². The van der Waals surface area contributed by atoms with Crippen LogP contribution in [-0.4, -0.2) is 26.5 Å². The molecule has 0 bridgehead atoms. The van der Waals surface area contributed by atoms with Gasteiger partial charge in [0.25, 0.3) is 0 Å². The third-order valence-corrected chi connectivity index (χ3v) is 6.42. The summed E-state index contributed by atoms with van der Waals surface area (Å²) in [6.45, 7) is 0.428. The van der Waals surface area contributed by atoms with Crippen molar-refractivity contribution >= 4 is 23.3 Å². The molecule has 1 aromatic carbocycles. The summed E-state index contributed by atoms with van der Waals surface area (Å²) in [5.74, 6) is 1.86. The Bertz CT molecular complexity index is 1120. The summed E-state index contributed by atoms with van der Waals surface area (Å²) < 4.78 is 1.87. The van der Waals surface area contributed by atoms with Crippen molar-refractivity contribution in [1.29, 1.82) is 5.26 Å². The quantitative estimate of drug-likeness (QED) is 0.411. The van der Waals surface area contributed by atoms with Crippen LogP contribution < -0.4 is 10.6 Å². The number of hydrogen-bond donors (Lipinski definition) is 2. The second-order valence-electron chi connectivity index (χ2n) is 8.84. The van der Waals surface area contributed by atoms with Crippen LogP contribution in [0, 0.1) is 17.2 Å². The third kappa shape index (κ3) is 6.82.